The van der Waals surface area contributed by atoms with E-state index in [1.54, 1.807) is 0 Å². The molecule has 0 N–H and O–H groups in total. The van der Waals surface area contributed by atoms with E-state index in [0.717, 1.165) is 13.0 Å². The van der Waals surface area contributed by atoms with E-state index in [4.69, 9.17) is 0 Å². The number of thiocarbonyl (C=S) groups is 1. The number of hydrogen-bond acceptors (Lipinski definition) is 3. The van der Waals surface area contributed by atoms with Gasteiger partial charge in [0.2, 0.25) is 0 Å². The quantitative estimate of drug-likeness (QED) is 0.352. The van der Waals surface area contributed by atoms with Gasteiger partial charge in [0.1, 0.15) is 0 Å². The number of isothiocyanates is 1. The first-order valence-electron chi connectivity index (χ1n) is 5.99. The van der Waals surface area contributed by atoms with Gasteiger partial charge in [-0.15, -0.1) is 11.3 Å². The molecular weight excluding hydrogens is 234 g/mol. The summed E-state index contributed by atoms with van der Waals surface area (Å²) < 4.78 is 0. The number of thiophene rings is 1. The molecule has 0 aliphatic carbocycles. The Labute approximate surface area is 108 Å². The summed E-state index contributed by atoms with van der Waals surface area (Å²) in [7, 11) is 0. The molecule has 1 nitrogen and oxygen atoms in total. The van der Waals surface area contributed by atoms with Gasteiger partial charge in [0.25, 0.3) is 0 Å². The molecule has 1 aromatic heterocycles. The Kier molecular flexibility index (Phi) is 8.23. The number of aliphatic imine (C=N–C) groups is 1. The summed E-state index contributed by atoms with van der Waals surface area (Å²) in [6.07, 6.45) is 9.07. The second-order valence-corrected chi connectivity index (χ2v) is 5.14. The lowest BCUT2D eigenvalue weighted by atomic mass is 10.1. The standard InChI is InChI=1S/C13H19NS2/c15-12-14-10-6-4-2-1-3-5-8-13-9-7-11-16-13/h7,9,11H,1-6,8,10H2. The number of unbranched alkanes of at least 4 members (excludes halogenated alkanes) is 5. The molecule has 0 spiro atoms. The average Bonchev–Trinajstić information content (AvgIpc) is 2.80. The van der Waals surface area contributed by atoms with Crippen molar-refractivity contribution in [2.75, 3.05) is 6.54 Å². The molecule has 0 aliphatic rings. The van der Waals surface area contributed by atoms with Crippen LogP contribution >= 0.6 is 23.6 Å². The zero-order valence-corrected chi connectivity index (χ0v) is 11.3. The molecule has 0 bridgehead atoms. The van der Waals surface area contributed by atoms with E-state index in [1.807, 2.05) is 11.3 Å². The fourth-order valence-electron chi connectivity index (χ4n) is 1.70. The van der Waals surface area contributed by atoms with Crippen LogP contribution in [0, 0.1) is 0 Å². The van der Waals surface area contributed by atoms with Crippen molar-refractivity contribution < 1.29 is 0 Å². The lowest BCUT2D eigenvalue weighted by molar-refractivity contribution is 0.599. The Balaban J connectivity index is 1.83. The van der Waals surface area contributed by atoms with Gasteiger partial charge in [-0.2, -0.15) is 0 Å². The SMILES string of the molecule is S=C=NCCCCCCCCc1cccs1. The van der Waals surface area contributed by atoms with Crippen molar-refractivity contribution in [1.29, 1.82) is 0 Å². The lowest BCUT2D eigenvalue weighted by Gasteiger charge is -1.99. The van der Waals surface area contributed by atoms with Crippen LogP contribution in [0.25, 0.3) is 0 Å². The molecule has 0 unspecified atom stereocenters. The summed E-state index contributed by atoms with van der Waals surface area (Å²) >= 11 is 6.38. The van der Waals surface area contributed by atoms with Crippen LogP contribution in [0.15, 0.2) is 22.5 Å². The average molecular weight is 253 g/mol. The molecule has 1 aromatic rings. The van der Waals surface area contributed by atoms with Gasteiger partial charge in [0.05, 0.1) is 5.16 Å². The molecule has 0 amide bonds. The molecule has 16 heavy (non-hydrogen) atoms. The normalized spacial score (nSPS) is 10.0. The summed E-state index contributed by atoms with van der Waals surface area (Å²) in [5.74, 6) is 0. The minimum Gasteiger partial charge on any atom is -0.233 e. The Bertz CT molecular complexity index is 300. The molecule has 88 valence electrons. The van der Waals surface area contributed by atoms with Gasteiger partial charge >= 0.3 is 0 Å². The van der Waals surface area contributed by atoms with Crippen LogP contribution in [0.1, 0.15) is 43.4 Å². The maximum Gasteiger partial charge on any atom is 0.0584 e. The van der Waals surface area contributed by atoms with E-state index in [1.165, 1.54) is 43.4 Å². The fourth-order valence-corrected chi connectivity index (χ4v) is 2.54. The minimum atomic E-state index is 0.860. The predicted molar refractivity (Wildman–Crippen MR) is 75.6 cm³/mol. The third-order valence-electron chi connectivity index (χ3n) is 2.59. The Hall–Kier alpha value is -0.500. The second kappa shape index (κ2) is 9.71. The largest absolute Gasteiger partial charge is 0.233 e. The third kappa shape index (κ3) is 6.89. The van der Waals surface area contributed by atoms with Gasteiger partial charge in [0.15, 0.2) is 0 Å². The first-order chi connectivity index (χ1) is 7.93. The summed E-state index contributed by atoms with van der Waals surface area (Å²) in [6.45, 7) is 0.860. The third-order valence-corrected chi connectivity index (χ3v) is 3.65. The summed E-state index contributed by atoms with van der Waals surface area (Å²) in [5.41, 5.74) is 0. The topological polar surface area (TPSA) is 12.4 Å². The molecule has 0 fully saturated rings. The molecular formula is C13H19NS2. The van der Waals surface area contributed by atoms with Crippen LogP contribution in [0.3, 0.4) is 0 Å². The molecule has 0 saturated carbocycles. The van der Waals surface area contributed by atoms with Gasteiger partial charge in [-0.1, -0.05) is 31.7 Å². The fraction of sp³-hybridized carbons (Fsp3) is 0.615. The van der Waals surface area contributed by atoms with Crippen LogP contribution in [0.5, 0.6) is 0 Å². The first kappa shape index (κ1) is 13.6. The van der Waals surface area contributed by atoms with Crippen molar-refractivity contribution in [3.8, 4) is 0 Å². The van der Waals surface area contributed by atoms with Crippen molar-refractivity contribution >= 4 is 28.7 Å². The second-order valence-electron chi connectivity index (χ2n) is 3.92. The molecule has 0 aromatic carbocycles. The van der Waals surface area contributed by atoms with E-state index in [9.17, 15) is 0 Å². The van der Waals surface area contributed by atoms with Gasteiger partial charge in [-0.05, 0) is 42.9 Å². The smallest absolute Gasteiger partial charge is 0.0584 e. The molecule has 0 radical (unpaired) electrons. The maximum absolute atomic E-state index is 4.51. The van der Waals surface area contributed by atoms with Gasteiger partial charge in [-0.25, -0.2) is 4.99 Å². The lowest BCUT2D eigenvalue weighted by Crippen LogP contribution is -1.84. The van der Waals surface area contributed by atoms with Gasteiger partial charge in [-0.3, -0.25) is 0 Å². The van der Waals surface area contributed by atoms with Crippen LogP contribution in [-0.4, -0.2) is 11.7 Å². The molecule has 3 heteroatoms. The van der Waals surface area contributed by atoms with Crippen molar-refractivity contribution in [2.24, 2.45) is 4.99 Å². The van der Waals surface area contributed by atoms with Gasteiger partial charge < -0.3 is 0 Å². The van der Waals surface area contributed by atoms with E-state index in [0.29, 0.717) is 0 Å². The molecule has 0 atom stereocenters. The molecule has 0 aliphatic heterocycles. The summed E-state index contributed by atoms with van der Waals surface area (Å²) in [6, 6.07) is 4.37. The number of nitrogens with zero attached hydrogens (tertiary/aromatic N) is 1. The van der Waals surface area contributed by atoms with Crippen molar-refractivity contribution in [1.82, 2.24) is 0 Å². The van der Waals surface area contributed by atoms with Crippen LogP contribution in [0.4, 0.5) is 0 Å². The zero-order valence-electron chi connectivity index (χ0n) is 9.65. The highest BCUT2D eigenvalue weighted by atomic mass is 32.1. The number of aryl methyl sites for hydroxylation is 1. The Morgan fingerprint density at radius 1 is 1.12 bits per heavy atom. The van der Waals surface area contributed by atoms with Crippen LogP contribution < -0.4 is 0 Å². The highest BCUT2D eigenvalue weighted by Gasteiger charge is 1.94. The Morgan fingerprint density at radius 2 is 1.88 bits per heavy atom. The van der Waals surface area contributed by atoms with Crippen molar-refractivity contribution in [3.05, 3.63) is 22.4 Å². The molecule has 1 heterocycles. The highest BCUT2D eigenvalue weighted by Crippen LogP contribution is 2.13. The van der Waals surface area contributed by atoms with Crippen molar-refractivity contribution in [3.63, 3.8) is 0 Å². The first-order valence-corrected chi connectivity index (χ1v) is 7.28. The van der Waals surface area contributed by atoms with Crippen molar-refractivity contribution in [2.45, 2.75) is 44.9 Å². The van der Waals surface area contributed by atoms with Crippen LogP contribution in [0.2, 0.25) is 0 Å². The van der Waals surface area contributed by atoms with E-state index in [2.05, 4.69) is 39.9 Å². The summed E-state index contributed by atoms with van der Waals surface area (Å²) in [4.78, 5) is 5.43. The summed E-state index contributed by atoms with van der Waals surface area (Å²) in [5, 5.41) is 4.56. The molecule has 0 saturated heterocycles. The highest BCUT2D eigenvalue weighted by molar-refractivity contribution is 7.78. The maximum atomic E-state index is 4.51. The van der Waals surface area contributed by atoms with Crippen LogP contribution in [-0.2, 0) is 6.42 Å². The van der Waals surface area contributed by atoms with E-state index >= 15 is 0 Å². The van der Waals surface area contributed by atoms with E-state index < -0.39 is 0 Å². The number of rotatable bonds is 9. The monoisotopic (exact) mass is 253 g/mol. The predicted octanol–water partition coefficient (Wildman–Crippen LogP) is 4.73. The van der Waals surface area contributed by atoms with Gasteiger partial charge in [0, 0.05) is 11.4 Å². The number of hydrogen-bond donors (Lipinski definition) is 0. The molecule has 1 rings (SSSR count). The zero-order chi connectivity index (χ0) is 11.5. The Morgan fingerprint density at radius 3 is 2.56 bits per heavy atom. The minimum absolute atomic E-state index is 0.860. The van der Waals surface area contributed by atoms with E-state index in [-0.39, 0.29) is 0 Å².